The van der Waals surface area contributed by atoms with Crippen molar-refractivity contribution in [2.75, 3.05) is 30.7 Å². The molecular formula is C25H34ClF3N4O4S. The number of benzene rings is 1. The van der Waals surface area contributed by atoms with E-state index in [0.29, 0.717) is 69.4 Å². The van der Waals surface area contributed by atoms with Gasteiger partial charge in [-0.25, -0.2) is 13.1 Å². The number of anilines is 1. The Morgan fingerprint density at radius 1 is 1.08 bits per heavy atom. The zero-order chi connectivity index (χ0) is 27.5. The number of carbonyl (C=O) groups is 2. The van der Waals surface area contributed by atoms with Gasteiger partial charge in [0.1, 0.15) is 0 Å². The predicted molar refractivity (Wildman–Crippen MR) is 139 cm³/mol. The number of nitrogens with one attached hydrogen (secondary N) is 3. The van der Waals surface area contributed by atoms with Crippen LogP contribution in [0.2, 0.25) is 5.02 Å². The molecule has 3 aliphatic rings. The molecule has 212 valence electrons. The number of amides is 2. The number of rotatable bonds is 9. The van der Waals surface area contributed by atoms with Crippen molar-refractivity contribution in [1.82, 2.24) is 14.9 Å². The largest absolute Gasteiger partial charge is 0.389 e. The van der Waals surface area contributed by atoms with Gasteiger partial charge in [-0.3, -0.25) is 9.59 Å². The summed E-state index contributed by atoms with van der Waals surface area (Å²) >= 11 is 6.26. The number of carbonyl (C=O) groups excluding carboxylic acids is 2. The number of halogens is 4. The second kappa shape index (κ2) is 12.1. The van der Waals surface area contributed by atoms with Crippen molar-refractivity contribution < 1.29 is 31.2 Å². The van der Waals surface area contributed by atoms with Gasteiger partial charge in [0.05, 0.1) is 22.8 Å². The Kier molecular flexibility index (Phi) is 9.26. The van der Waals surface area contributed by atoms with Crippen molar-refractivity contribution in [1.29, 1.82) is 0 Å². The molecule has 1 aromatic carbocycles. The summed E-state index contributed by atoms with van der Waals surface area (Å²) in [6.45, 7) is 1.61. The van der Waals surface area contributed by atoms with Crippen molar-refractivity contribution in [3.05, 3.63) is 28.3 Å². The van der Waals surface area contributed by atoms with E-state index in [4.69, 9.17) is 11.6 Å². The Balaban J connectivity index is 1.17. The van der Waals surface area contributed by atoms with Crippen LogP contribution in [0, 0.1) is 5.92 Å². The van der Waals surface area contributed by atoms with Crippen LogP contribution in [-0.4, -0.2) is 68.8 Å². The lowest BCUT2D eigenvalue weighted by Gasteiger charge is -2.33. The van der Waals surface area contributed by atoms with E-state index in [1.807, 2.05) is 4.90 Å². The number of fused-ring (bicyclic) bond motifs is 1. The molecule has 13 heteroatoms. The Labute approximate surface area is 226 Å². The van der Waals surface area contributed by atoms with Gasteiger partial charge in [0.2, 0.25) is 15.9 Å². The molecule has 0 atom stereocenters. The van der Waals surface area contributed by atoms with E-state index in [1.165, 1.54) is 0 Å². The van der Waals surface area contributed by atoms with Gasteiger partial charge >= 0.3 is 6.18 Å². The number of piperidine rings is 1. The van der Waals surface area contributed by atoms with Gasteiger partial charge in [-0.05, 0) is 88.2 Å². The molecule has 4 rings (SSSR count). The maximum Gasteiger partial charge on any atom is 0.389 e. The Morgan fingerprint density at radius 2 is 1.74 bits per heavy atom. The van der Waals surface area contributed by atoms with Crippen LogP contribution in [0.3, 0.4) is 0 Å². The smallest absolute Gasteiger partial charge is 0.349 e. The molecule has 0 unspecified atom stereocenters. The van der Waals surface area contributed by atoms with Crippen molar-refractivity contribution >= 4 is 39.1 Å². The highest BCUT2D eigenvalue weighted by atomic mass is 35.5. The topological polar surface area (TPSA) is 108 Å². The molecule has 0 radical (unpaired) electrons. The van der Waals surface area contributed by atoms with Crippen LogP contribution in [0.4, 0.5) is 18.9 Å². The average Bonchev–Trinajstić information content (AvgIpc) is 3.18. The summed E-state index contributed by atoms with van der Waals surface area (Å²) in [6, 6.07) is 2.92. The number of nitrogens with zero attached hydrogens (tertiary/aromatic N) is 1. The van der Waals surface area contributed by atoms with Gasteiger partial charge in [-0.15, -0.1) is 0 Å². The molecule has 0 spiro atoms. The monoisotopic (exact) mass is 578 g/mol. The van der Waals surface area contributed by atoms with E-state index in [0.717, 1.165) is 5.56 Å². The first-order chi connectivity index (χ1) is 17.9. The summed E-state index contributed by atoms with van der Waals surface area (Å²) in [6.07, 6.45) is -0.915. The normalized spacial score (nSPS) is 23.2. The quantitative estimate of drug-likeness (QED) is 0.413. The molecule has 2 heterocycles. The van der Waals surface area contributed by atoms with E-state index in [2.05, 4.69) is 15.4 Å². The highest BCUT2D eigenvalue weighted by molar-refractivity contribution is 7.89. The molecule has 8 nitrogen and oxygen atoms in total. The van der Waals surface area contributed by atoms with Crippen LogP contribution in [0.5, 0.6) is 0 Å². The number of hydrogen-bond acceptors (Lipinski definition) is 5. The number of sulfonamides is 1. The second-order valence-corrected chi connectivity index (χ2v) is 12.8. The number of hydrogen-bond donors (Lipinski definition) is 3. The SMILES string of the molecule is O=C1Cc2cc(C(=O)NC3CCC(NS(=O)(=O)CC4CCN(CCCC(F)(F)F)CC4)CC3)c(Cl)cc2N1. The first-order valence-corrected chi connectivity index (χ1v) is 15.1. The Bertz CT molecular complexity index is 1130. The van der Waals surface area contributed by atoms with E-state index < -0.39 is 22.6 Å². The minimum Gasteiger partial charge on any atom is -0.349 e. The highest BCUT2D eigenvalue weighted by Crippen LogP contribution is 2.30. The van der Waals surface area contributed by atoms with E-state index in [-0.39, 0.29) is 53.4 Å². The standard InChI is InChI=1S/C25H34ClF3N4O4S/c26-21-14-22-17(13-23(34)31-22)12-20(21)24(35)30-18-2-4-19(5-3-18)32-38(36,37)15-16-6-10-33(11-7-16)9-1-8-25(27,28)29/h12,14,16,18-19,32H,1-11,13,15H2,(H,30,35)(H,31,34). The fourth-order valence-corrected chi connectivity index (χ4v) is 7.58. The molecular weight excluding hydrogens is 545 g/mol. The molecule has 2 fully saturated rings. The first-order valence-electron chi connectivity index (χ1n) is 13.1. The minimum absolute atomic E-state index is 0.00967. The molecule has 2 amide bonds. The molecule has 0 aromatic heterocycles. The fraction of sp³-hybridized carbons (Fsp3) is 0.680. The van der Waals surface area contributed by atoms with Crippen molar-refractivity contribution in [3.8, 4) is 0 Å². The molecule has 38 heavy (non-hydrogen) atoms. The van der Waals surface area contributed by atoms with E-state index in [1.54, 1.807) is 12.1 Å². The van der Waals surface area contributed by atoms with E-state index in [9.17, 15) is 31.2 Å². The van der Waals surface area contributed by atoms with Gasteiger partial charge in [0.25, 0.3) is 5.91 Å². The van der Waals surface area contributed by atoms with Crippen LogP contribution < -0.4 is 15.4 Å². The average molecular weight is 579 g/mol. The molecule has 1 aromatic rings. The predicted octanol–water partition coefficient (Wildman–Crippen LogP) is 3.85. The summed E-state index contributed by atoms with van der Waals surface area (Å²) in [5, 5.41) is 5.94. The molecule has 0 bridgehead atoms. The Morgan fingerprint density at radius 3 is 2.39 bits per heavy atom. The molecule has 3 N–H and O–H groups in total. The minimum atomic E-state index is -4.14. The third kappa shape index (κ3) is 8.30. The van der Waals surface area contributed by atoms with Gasteiger partial charge in [0, 0.05) is 24.2 Å². The number of alkyl halides is 3. The molecule has 1 saturated heterocycles. The van der Waals surface area contributed by atoms with Crippen molar-refractivity contribution in [2.24, 2.45) is 5.92 Å². The lowest BCUT2D eigenvalue weighted by molar-refractivity contribution is -0.136. The molecule has 1 aliphatic carbocycles. The summed E-state index contributed by atoms with van der Waals surface area (Å²) in [4.78, 5) is 26.4. The number of likely N-dealkylation sites (tertiary alicyclic amines) is 1. The van der Waals surface area contributed by atoms with Crippen LogP contribution in [0.15, 0.2) is 12.1 Å². The van der Waals surface area contributed by atoms with Gasteiger partial charge < -0.3 is 15.5 Å². The van der Waals surface area contributed by atoms with Crippen LogP contribution in [0.1, 0.15) is 67.3 Å². The highest BCUT2D eigenvalue weighted by Gasteiger charge is 2.31. The Hall–Kier alpha value is -1.89. The van der Waals surface area contributed by atoms with E-state index >= 15 is 0 Å². The maximum atomic E-state index is 12.8. The zero-order valence-corrected chi connectivity index (χ0v) is 22.7. The summed E-state index contributed by atoms with van der Waals surface area (Å²) in [5.74, 6) is -0.441. The summed E-state index contributed by atoms with van der Waals surface area (Å²) in [7, 11) is -3.49. The van der Waals surface area contributed by atoms with Crippen LogP contribution >= 0.6 is 11.6 Å². The summed E-state index contributed by atoms with van der Waals surface area (Å²) in [5.41, 5.74) is 1.67. The lowest BCUT2D eigenvalue weighted by atomic mass is 9.91. The fourth-order valence-electron chi connectivity index (χ4n) is 5.53. The van der Waals surface area contributed by atoms with Gasteiger partial charge in [-0.1, -0.05) is 11.6 Å². The molecule has 2 aliphatic heterocycles. The third-order valence-electron chi connectivity index (χ3n) is 7.57. The van der Waals surface area contributed by atoms with Crippen LogP contribution in [-0.2, 0) is 21.2 Å². The third-order valence-corrected chi connectivity index (χ3v) is 9.48. The van der Waals surface area contributed by atoms with Gasteiger partial charge in [0.15, 0.2) is 0 Å². The van der Waals surface area contributed by atoms with Gasteiger partial charge in [-0.2, -0.15) is 13.2 Å². The first kappa shape index (κ1) is 29.1. The molecule has 1 saturated carbocycles. The second-order valence-electron chi connectivity index (χ2n) is 10.6. The van der Waals surface area contributed by atoms with Crippen LogP contribution in [0.25, 0.3) is 0 Å². The van der Waals surface area contributed by atoms with Crippen molar-refractivity contribution in [2.45, 2.75) is 76.0 Å². The summed E-state index contributed by atoms with van der Waals surface area (Å²) < 4.78 is 65.4. The lowest BCUT2D eigenvalue weighted by Crippen LogP contribution is -2.45. The maximum absolute atomic E-state index is 12.8. The van der Waals surface area contributed by atoms with Crippen molar-refractivity contribution in [3.63, 3.8) is 0 Å². The zero-order valence-electron chi connectivity index (χ0n) is 21.1.